The topological polar surface area (TPSA) is 87.7 Å². The van der Waals surface area contributed by atoms with Crippen LogP contribution in [0.3, 0.4) is 0 Å². The number of amides is 1. The Labute approximate surface area is 153 Å². The Morgan fingerprint density at radius 3 is 2.76 bits per heavy atom. The molecule has 2 atom stereocenters. The highest BCUT2D eigenvalue weighted by Gasteiger charge is 2.28. The summed E-state index contributed by atoms with van der Waals surface area (Å²) in [5.41, 5.74) is 0. The number of nitrogens with one attached hydrogen (secondary N) is 2. The number of sulfonamides is 1. The zero-order chi connectivity index (χ0) is 18.4. The molecule has 0 bridgehead atoms. The lowest BCUT2D eigenvalue weighted by molar-refractivity contribution is -0.128. The summed E-state index contributed by atoms with van der Waals surface area (Å²) in [6.07, 6.45) is 0.452. The molecule has 1 aliphatic heterocycles. The van der Waals surface area contributed by atoms with E-state index >= 15 is 0 Å². The van der Waals surface area contributed by atoms with E-state index < -0.39 is 10.0 Å². The molecule has 1 amide bonds. The third-order valence-electron chi connectivity index (χ3n) is 4.21. The number of thiophene rings is 1. The Balaban J connectivity index is 1.88. The van der Waals surface area contributed by atoms with Crippen molar-refractivity contribution in [2.75, 3.05) is 32.8 Å². The van der Waals surface area contributed by atoms with Crippen LogP contribution in [0.1, 0.15) is 25.6 Å². The van der Waals surface area contributed by atoms with E-state index in [0.29, 0.717) is 43.4 Å². The largest absolute Gasteiger partial charge is 0.375 e. The molecule has 0 aromatic carbocycles. The molecule has 1 aliphatic rings. The van der Waals surface area contributed by atoms with Crippen molar-refractivity contribution in [3.63, 3.8) is 0 Å². The summed E-state index contributed by atoms with van der Waals surface area (Å²) < 4.78 is 32.2. The molecule has 0 saturated carbocycles. The number of carbonyl (C=O) groups excluding carboxylic acids is 1. The highest BCUT2D eigenvalue weighted by Crippen LogP contribution is 2.25. The molecule has 1 saturated heterocycles. The molecule has 9 heteroatoms. The van der Waals surface area contributed by atoms with Crippen molar-refractivity contribution in [2.24, 2.45) is 0 Å². The third-order valence-corrected chi connectivity index (χ3v) is 7.87. The zero-order valence-electron chi connectivity index (χ0n) is 14.9. The summed E-state index contributed by atoms with van der Waals surface area (Å²) in [5, 5.41) is 6.04. The van der Waals surface area contributed by atoms with E-state index in [2.05, 4.69) is 10.6 Å². The number of nitrogens with zero attached hydrogens (tertiary/aromatic N) is 1. The molecule has 1 fully saturated rings. The average Bonchev–Trinajstić information content (AvgIpc) is 3.06. The van der Waals surface area contributed by atoms with E-state index in [9.17, 15) is 13.2 Å². The second-order valence-corrected chi connectivity index (χ2v) is 9.19. The van der Waals surface area contributed by atoms with Gasteiger partial charge in [0.25, 0.3) is 10.0 Å². The summed E-state index contributed by atoms with van der Waals surface area (Å²) >= 11 is 1.27. The lowest BCUT2D eigenvalue weighted by atomic mass is 10.1. The SMILES string of the molecule is CCN(CC)S(=O)(=O)c1ccc(CCNC(=O)[C@H]2NCCO[C@@H]2C)s1. The first-order valence-corrected chi connectivity index (χ1v) is 10.9. The predicted octanol–water partition coefficient (Wildman–Crippen LogP) is 0.814. The third kappa shape index (κ3) is 5.01. The van der Waals surface area contributed by atoms with Gasteiger partial charge in [-0.3, -0.25) is 4.79 Å². The fourth-order valence-electron chi connectivity index (χ4n) is 2.77. The number of hydrogen-bond donors (Lipinski definition) is 2. The van der Waals surface area contributed by atoms with Crippen LogP contribution in [0, 0.1) is 0 Å². The van der Waals surface area contributed by atoms with Crippen LogP contribution in [-0.4, -0.2) is 63.6 Å². The number of carbonyl (C=O) groups is 1. The molecule has 1 aromatic rings. The average molecular weight is 390 g/mol. The minimum atomic E-state index is -3.41. The van der Waals surface area contributed by atoms with Crippen molar-refractivity contribution in [2.45, 2.75) is 43.5 Å². The Morgan fingerprint density at radius 2 is 2.12 bits per heavy atom. The standard InChI is InChI=1S/C16H27N3O4S2/c1-4-19(5-2)25(21,22)14-7-6-13(24-14)8-9-18-16(20)15-12(3)23-11-10-17-15/h6-7,12,15,17H,4-5,8-11H2,1-3H3,(H,18,20)/t12-,15+/m1/s1. The van der Waals surface area contributed by atoms with Crippen molar-refractivity contribution in [3.05, 3.63) is 17.0 Å². The van der Waals surface area contributed by atoms with Gasteiger partial charge in [0.15, 0.2) is 0 Å². The Morgan fingerprint density at radius 1 is 1.40 bits per heavy atom. The molecule has 2 rings (SSSR count). The fraction of sp³-hybridized carbons (Fsp3) is 0.688. The van der Waals surface area contributed by atoms with Crippen molar-refractivity contribution < 1.29 is 17.9 Å². The van der Waals surface area contributed by atoms with Crippen LogP contribution in [0.25, 0.3) is 0 Å². The summed E-state index contributed by atoms with van der Waals surface area (Å²) in [4.78, 5) is 13.1. The van der Waals surface area contributed by atoms with Crippen molar-refractivity contribution in [1.29, 1.82) is 0 Å². The van der Waals surface area contributed by atoms with Gasteiger partial charge in [0.05, 0.1) is 12.7 Å². The molecule has 0 aliphatic carbocycles. The molecule has 0 radical (unpaired) electrons. The van der Waals surface area contributed by atoms with Gasteiger partial charge in [0.1, 0.15) is 10.3 Å². The van der Waals surface area contributed by atoms with Gasteiger partial charge in [-0.15, -0.1) is 11.3 Å². The minimum absolute atomic E-state index is 0.0836. The molecule has 25 heavy (non-hydrogen) atoms. The Bertz CT molecular complexity index is 671. The van der Waals surface area contributed by atoms with Crippen LogP contribution in [0.15, 0.2) is 16.3 Å². The summed E-state index contributed by atoms with van der Waals surface area (Å²) in [5.74, 6) is -0.0836. The van der Waals surface area contributed by atoms with Crippen LogP contribution in [0.5, 0.6) is 0 Å². The maximum atomic E-state index is 12.5. The highest BCUT2D eigenvalue weighted by molar-refractivity contribution is 7.91. The van der Waals surface area contributed by atoms with E-state index in [1.807, 2.05) is 26.8 Å². The van der Waals surface area contributed by atoms with Crippen LogP contribution in [0.4, 0.5) is 0 Å². The van der Waals surface area contributed by atoms with Crippen LogP contribution in [-0.2, 0) is 26.0 Å². The monoisotopic (exact) mass is 389 g/mol. The molecule has 0 spiro atoms. The van der Waals surface area contributed by atoms with Crippen LogP contribution in [0.2, 0.25) is 0 Å². The molecule has 7 nitrogen and oxygen atoms in total. The number of morpholine rings is 1. The zero-order valence-corrected chi connectivity index (χ0v) is 16.6. The number of rotatable bonds is 8. The lowest BCUT2D eigenvalue weighted by Gasteiger charge is -2.29. The molecule has 2 N–H and O–H groups in total. The Hall–Kier alpha value is -1.00. The summed E-state index contributed by atoms with van der Waals surface area (Å²) in [6, 6.07) is 3.13. The van der Waals surface area contributed by atoms with Gasteiger partial charge in [-0.05, 0) is 25.5 Å². The second kappa shape index (κ2) is 9.09. The quantitative estimate of drug-likeness (QED) is 0.687. The van der Waals surface area contributed by atoms with Crippen molar-refractivity contribution in [1.82, 2.24) is 14.9 Å². The van der Waals surface area contributed by atoms with Gasteiger partial charge in [0.2, 0.25) is 5.91 Å². The normalized spacial score (nSPS) is 21.4. The molecule has 2 heterocycles. The second-order valence-electron chi connectivity index (χ2n) is 5.86. The van der Waals surface area contributed by atoms with Gasteiger partial charge in [-0.1, -0.05) is 13.8 Å². The predicted molar refractivity (Wildman–Crippen MR) is 98.3 cm³/mol. The lowest BCUT2D eigenvalue weighted by Crippen LogP contribution is -2.55. The van der Waals surface area contributed by atoms with Crippen LogP contribution < -0.4 is 10.6 Å². The van der Waals surface area contributed by atoms with Crippen LogP contribution >= 0.6 is 11.3 Å². The molecular weight excluding hydrogens is 362 g/mol. The fourth-order valence-corrected chi connectivity index (χ4v) is 5.74. The van der Waals surface area contributed by atoms with Gasteiger partial charge in [-0.2, -0.15) is 4.31 Å². The highest BCUT2D eigenvalue weighted by atomic mass is 32.2. The Kier molecular flexibility index (Phi) is 7.38. The van der Waals surface area contributed by atoms with Gasteiger partial charge >= 0.3 is 0 Å². The van der Waals surface area contributed by atoms with E-state index in [0.717, 1.165) is 4.88 Å². The minimum Gasteiger partial charge on any atom is -0.375 e. The van der Waals surface area contributed by atoms with Crippen molar-refractivity contribution >= 4 is 27.3 Å². The first-order chi connectivity index (χ1) is 11.9. The molecule has 0 unspecified atom stereocenters. The maximum Gasteiger partial charge on any atom is 0.252 e. The number of ether oxygens (including phenoxy) is 1. The maximum absolute atomic E-state index is 12.5. The molecule has 1 aromatic heterocycles. The van der Waals surface area contributed by atoms with E-state index in [1.54, 1.807) is 6.07 Å². The number of hydrogen-bond acceptors (Lipinski definition) is 6. The first kappa shape index (κ1) is 20.3. The first-order valence-electron chi connectivity index (χ1n) is 8.61. The van der Waals surface area contributed by atoms with Crippen molar-refractivity contribution in [3.8, 4) is 0 Å². The van der Waals surface area contributed by atoms with Gasteiger partial charge < -0.3 is 15.4 Å². The molecular formula is C16H27N3O4S2. The van der Waals surface area contributed by atoms with E-state index in [-0.39, 0.29) is 18.1 Å². The smallest absolute Gasteiger partial charge is 0.252 e. The van der Waals surface area contributed by atoms with Gasteiger partial charge in [-0.25, -0.2) is 8.42 Å². The summed E-state index contributed by atoms with van der Waals surface area (Å²) in [6.45, 7) is 8.19. The van der Waals surface area contributed by atoms with Gasteiger partial charge in [0, 0.05) is 31.1 Å². The molecule has 142 valence electrons. The van der Waals surface area contributed by atoms with E-state index in [1.165, 1.54) is 15.6 Å². The summed E-state index contributed by atoms with van der Waals surface area (Å²) in [7, 11) is -3.41. The van der Waals surface area contributed by atoms with E-state index in [4.69, 9.17) is 4.74 Å².